The molecule has 1 saturated heterocycles. The van der Waals surface area contributed by atoms with Gasteiger partial charge in [0.05, 0.1) is 6.20 Å². The molecule has 2 rings (SSSR count). The number of carboxylic acids is 1. The van der Waals surface area contributed by atoms with Gasteiger partial charge in [0.1, 0.15) is 0 Å². The van der Waals surface area contributed by atoms with Crippen LogP contribution in [-0.2, 0) is 11.3 Å². The normalized spacial score (nSPS) is 18.4. The summed E-state index contributed by atoms with van der Waals surface area (Å²) in [5.41, 5.74) is 0.382. The molecule has 0 radical (unpaired) electrons. The molecule has 0 aromatic carbocycles. The smallest absolute Gasteiger partial charge is 0.303 e. The number of amides is 1. The number of nitrogens with zero attached hydrogens (tertiary/aromatic N) is 4. The number of aliphatic carboxylic acids is 1. The van der Waals surface area contributed by atoms with Crippen molar-refractivity contribution in [1.29, 1.82) is 0 Å². The highest BCUT2D eigenvalue weighted by Crippen LogP contribution is 2.22. The first kappa shape index (κ1) is 17.4. The van der Waals surface area contributed by atoms with Crippen LogP contribution in [0.4, 0.5) is 0 Å². The van der Waals surface area contributed by atoms with Crippen LogP contribution < -0.4 is 0 Å². The lowest BCUT2D eigenvalue weighted by Gasteiger charge is -2.32. The molecule has 1 amide bonds. The minimum Gasteiger partial charge on any atom is -0.481 e. The van der Waals surface area contributed by atoms with E-state index in [0.717, 1.165) is 25.8 Å². The molecule has 0 saturated carbocycles. The molecule has 128 valence electrons. The second-order valence-corrected chi connectivity index (χ2v) is 6.74. The number of carboxylic acid groups (broad SMARTS) is 1. The number of carbonyl (C=O) groups excluding carboxylic acids is 1. The highest BCUT2D eigenvalue weighted by atomic mass is 16.4. The number of aromatic nitrogens is 3. The molecule has 1 aliphatic rings. The highest BCUT2D eigenvalue weighted by Gasteiger charge is 2.26. The molecular formula is C16H26N4O3. The third kappa shape index (κ3) is 5.33. The average molecular weight is 322 g/mol. The molecule has 0 aliphatic carbocycles. The summed E-state index contributed by atoms with van der Waals surface area (Å²) in [7, 11) is 0. The van der Waals surface area contributed by atoms with E-state index in [-0.39, 0.29) is 18.2 Å². The van der Waals surface area contributed by atoms with E-state index in [9.17, 15) is 9.59 Å². The number of likely N-dealkylation sites (tertiary alicyclic amines) is 1. The first-order valence-corrected chi connectivity index (χ1v) is 8.37. The Labute approximate surface area is 136 Å². The van der Waals surface area contributed by atoms with Crippen molar-refractivity contribution < 1.29 is 14.7 Å². The lowest BCUT2D eigenvalue weighted by Crippen LogP contribution is -2.40. The van der Waals surface area contributed by atoms with E-state index in [1.54, 1.807) is 15.8 Å². The molecule has 0 spiro atoms. The quantitative estimate of drug-likeness (QED) is 0.830. The summed E-state index contributed by atoms with van der Waals surface area (Å²) < 4.78 is 1.72. The summed E-state index contributed by atoms with van der Waals surface area (Å²) >= 11 is 0. The first-order chi connectivity index (χ1) is 11.0. The molecule has 7 heteroatoms. The maximum atomic E-state index is 12.5. The monoisotopic (exact) mass is 322 g/mol. The molecular weight excluding hydrogens is 296 g/mol. The van der Waals surface area contributed by atoms with Crippen LogP contribution in [0.1, 0.15) is 56.4 Å². The molecule has 1 aromatic rings. The lowest BCUT2D eigenvalue weighted by atomic mass is 9.93. The summed E-state index contributed by atoms with van der Waals surface area (Å²) in [6, 6.07) is 0. The number of rotatable bonds is 7. The first-order valence-electron chi connectivity index (χ1n) is 8.37. The van der Waals surface area contributed by atoms with E-state index in [4.69, 9.17) is 5.11 Å². The van der Waals surface area contributed by atoms with E-state index >= 15 is 0 Å². The summed E-state index contributed by atoms with van der Waals surface area (Å²) in [6.07, 6.45) is 5.40. The molecule has 1 N–H and O–H groups in total. The number of carbonyl (C=O) groups is 2. The third-order valence-corrected chi connectivity index (χ3v) is 4.27. The van der Waals surface area contributed by atoms with Crippen molar-refractivity contribution in [2.24, 2.45) is 11.8 Å². The number of piperidine rings is 1. The Hall–Kier alpha value is -1.92. The van der Waals surface area contributed by atoms with Crippen molar-refractivity contribution in [3.63, 3.8) is 0 Å². The van der Waals surface area contributed by atoms with Crippen molar-refractivity contribution in [2.75, 3.05) is 13.1 Å². The van der Waals surface area contributed by atoms with Gasteiger partial charge in [-0.15, -0.1) is 5.10 Å². The van der Waals surface area contributed by atoms with Gasteiger partial charge in [-0.1, -0.05) is 19.1 Å². The second-order valence-electron chi connectivity index (χ2n) is 6.74. The van der Waals surface area contributed by atoms with Gasteiger partial charge in [0, 0.05) is 26.1 Å². The van der Waals surface area contributed by atoms with E-state index in [0.29, 0.717) is 31.1 Å². The molecule has 23 heavy (non-hydrogen) atoms. The third-order valence-electron chi connectivity index (χ3n) is 4.27. The fraction of sp³-hybridized carbons (Fsp3) is 0.750. The summed E-state index contributed by atoms with van der Waals surface area (Å²) in [6.45, 7) is 6.38. The van der Waals surface area contributed by atoms with E-state index in [2.05, 4.69) is 24.2 Å². The number of aryl methyl sites for hydroxylation is 1. The Bertz CT molecular complexity index is 541. The zero-order valence-corrected chi connectivity index (χ0v) is 13.9. The molecule has 7 nitrogen and oxygen atoms in total. The van der Waals surface area contributed by atoms with Crippen LogP contribution in [0.2, 0.25) is 0 Å². The molecule has 2 heterocycles. The van der Waals surface area contributed by atoms with Crippen LogP contribution in [0.5, 0.6) is 0 Å². The van der Waals surface area contributed by atoms with Crippen molar-refractivity contribution >= 4 is 11.9 Å². The molecule has 1 atom stereocenters. The van der Waals surface area contributed by atoms with E-state index in [1.807, 2.05) is 0 Å². The van der Waals surface area contributed by atoms with E-state index < -0.39 is 5.97 Å². The fourth-order valence-corrected chi connectivity index (χ4v) is 2.87. The van der Waals surface area contributed by atoms with Gasteiger partial charge < -0.3 is 10.0 Å². The zero-order valence-electron chi connectivity index (χ0n) is 13.9. The number of hydrogen-bond acceptors (Lipinski definition) is 4. The van der Waals surface area contributed by atoms with Gasteiger partial charge in [-0.3, -0.25) is 14.3 Å². The Morgan fingerprint density at radius 2 is 2.22 bits per heavy atom. The summed E-state index contributed by atoms with van der Waals surface area (Å²) in [5.74, 6) is -0.0300. The van der Waals surface area contributed by atoms with Gasteiger partial charge in [-0.25, -0.2) is 0 Å². The molecule has 0 bridgehead atoms. The van der Waals surface area contributed by atoms with Crippen LogP contribution in [0.3, 0.4) is 0 Å². The van der Waals surface area contributed by atoms with Crippen LogP contribution in [-0.4, -0.2) is 50.0 Å². The summed E-state index contributed by atoms with van der Waals surface area (Å²) in [4.78, 5) is 25.0. The van der Waals surface area contributed by atoms with Crippen molar-refractivity contribution in [2.45, 2.75) is 52.5 Å². The summed E-state index contributed by atoms with van der Waals surface area (Å²) in [5, 5.41) is 16.8. The lowest BCUT2D eigenvalue weighted by molar-refractivity contribution is -0.137. The van der Waals surface area contributed by atoms with Gasteiger partial charge in [-0.2, -0.15) is 0 Å². The molecule has 1 aromatic heterocycles. The van der Waals surface area contributed by atoms with Gasteiger partial charge >= 0.3 is 5.97 Å². The van der Waals surface area contributed by atoms with Gasteiger partial charge in [0.15, 0.2) is 5.69 Å². The average Bonchev–Trinajstić information content (AvgIpc) is 2.99. The second kappa shape index (κ2) is 8.08. The van der Waals surface area contributed by atoms with Crippen LogP contribution >= 0.6 is 0 Å². The topological polar surface area (TPSA) is 88.3 Å². The molecule has 1 aliphatic heterocycles. The Morgan fingerprint density at radius 3 is 2.91 bits per heavy atom. The number of hydrogen-bond donors (Lipinski definition) is 1. The van der Waals surface area contributed by atoms with Gasteiger partial charge in [0.2, 0.25) is 0 Å². The predicted molar refractivity (Wildman–Crippen MR) is 85.0 cm³/mol. The Kier molecular flexibility index (Phi) is 6.12. The Balaban J connectivity index is 1.90. The van der Waals surface area contributed by atoms with Crippen molar-refractivity contribution in [3.05, 3.63) is 11.9 Å². The van der Waals surface area contributed by atoms with E-state index in [1.165, 1.54) is 0 Å². The molecule has 1 fully saturated rings. The maximum Gasteiger partial charge on any atom is 0.303 e. The minimum absolute atomic E-state index is 0.0965. The van der Waals surface area contributed by atoms with Crippen LogP contribution in [0, 0.1) is 11.8 Å². The zero-order chi connectivity index (χ0) is 16.8. The van der Waals surface area contributed by atoms with Gasteiger partial charge in [-0.05, 0) is 37.5 Å². The minimum atomic E-state index is -0.776. The maximum absolute atomic E-state index is 12.5. The fourth-order valence-electron chi connectivity index (χ4n) is 2.87. The highest BCUT2D eigenvalue weighted by molar-refractivity contribution is 5.92. The van der Waals surface area contributed by atoms with Crippen molar-refractivity contribution in [3.8, 4) is 0 Å². The molecule has 1 unspecified atom stereocenters. The standard InChI is InChI=1S/C16H26N4O3/c1-12(2)7-9-20-11-14(17-18-20)16(23)19-8-3-4-13(10-19)5-6-15(21)22/h11-13H,3-10H2,1-2H3,(H,21,22). The predicted octanol–water partition coefficient (Wildman–Crippen LogP) is 2.04. The SMILES string of the molecule is CC(C)CCn1cc(C(=O)N2CCCC(CCC(=O)O)C2)nn1. The van der Waals surface area contributed by atoms with Gasteiger partial charge in [0.25, 0.3) is 5.91 Å². The Morgan fingerprint density at radius 1 is 1.43 bits per heavy atom. The van der Waals surface area contributed by atoms with Crippen molar-refractivity contribution in [1.82, 2.24) is 19.9 Å². The van der Waals surface area contributed by atoms with Crippen LogP contribution in [0.15, 0.2) is 6.20 Å². The largest absolute Gasteiger partial charge is 0.481 e. The van der Waals surface area contributed by atoms with Crippen LogP contribution in [0.25, 0.3) is 0 Å².